The Kier molecular flexibility index (Phi) is 3.43. The van der Waals surface area contributed by atoms with Gasteiger partial charge in [0.15, 0.2) is 0 Å². The third kappa shape index (κ3) is 2.36. The number of rotatable bonds is 2. The van der Waals surface area contributed by atoms with Crippen LogP contribution in [0.4, 0.5) is 0 Å². The lowest BCUT2D eigenvalue weighted by Crippen LogP contribution is -2.44. The van der Waals surface area contributed by atoms with Gasteiger partial charge in [-0.1, -0.05) is 18.2 Å². The number of amides is 1. The molecule has 0 saturated carbocycles. The Hall–Kier alpha value is -1.39. The van der Waals surface area contributed by atoms with Crippen LogP contribution in [-0.2, 0) is 4.79 Å². The van der Waals surface area contributed by atoms with Gasteiger partial charge in [0.1, 0.15) is 0 Å². The summed E-state index contributed by atoms with van der Waals surface area (Å²) in [6.07, 6.45) is 3.38. The van der Waals surface area contributed by atoms with E-state index in [-0.39, 0.29) is 6.04 Å². The fourth-order valence-corrected chi connectivity index (χ4v) is 4.83. The Bertz CT molecular complexity index is 627. The molecule has 21 heavy (non-hydrogen) atoms. The van der Waals surface area contributed by atoms with Crippen molar-refractivity contribution < 1.29 is 4.79 Å². The summed E-state index contributed by atoms with van der Waals surface area (Å²) in [7, 11) is 0. The number of benzene rings is 1. The minimum Gasteiger partial charge on any atom is -0.341 e. The first kappa shape index (κ1) is 13.3. The molecule has 3 heterocycles. The van der Waals surface area contributed by atoms with Gasteiger partial charge >= 0.3 is 0 Å². The molecule has 0 unspecified atom stereocenters. The Balaban J connectivity index is 1.62. The number of thiophene rings is 1. The summed E-state index contributed by atoms with van der Waals surface area (Å²) < 4.78 is 1.33. The van der Waals surface area contributed by atoms with Crippen molar-refractivity contribution in [3.05, 3.63) is 35.2 Å². The molecule has 1 aromatic carbocycles. The molecule has 4 heteroatoms. The van der Waals surface area contributed by atoms with Gasteiger partial charge in [0.05, 0.1) is 6.04 Å². The predicted molar refractivity (Wildman–Crippen MR) is 86.8 cm³/mol. The van der Waals surface area contributed by atoms with Crippen LogP contribution in [0.3, 0.4) is 0 Å². The molecular formula is C17H20N2OS. The monoisotopic (exact) mass is 300 g/mol. The van der Waals surface area contributed by atoms with E-state index in [1.54, 1.807) is 0 Å². The number of nitrogens with one attached hydrogen (secondary N) is 1. The fourth-order valence-electron chi connectivity index (χ4n) is 3.59. The smallest absolute Gasteiger partial charge is 0.240 e. The number of carbonyl (C=O) groups excluding carboxylic acids is 1. The highest BCUT2D eigenvalue weighted by atomic mass is 32.1. The third-order valence-electron chi connectivity index (χ3n) is 4.72. The SMILES string of the molecule is O=C([C@@H]1NCC[C@@H]1c1cc2ccccc2s1)N1CCCC1. The van der Waals surface area contributed by atoms with E-state index in [0.29, 0.717) is 11.8 Å². The normalized spacial score (nSPS) is 25.8. The molecule has 1 N–H and O–H groups in total. The van der Waals surface area contributed by atoms with Crippen molar-refractivity contribution in [2.24, 2.45) is 0 Å². The Morgan fingerprint density at radius 2 is 2.05 bits per heavy atom. The Labute approximate surface area is 128 Å². The van der Waals surface area contributed by atoms with E-state index in [1.165, 1.54) is 15.0 Å². The van der Waals surface area contributed by atoms with Crippen LogP contribution in [0.2, 0.25) is 0 Å². The number of hydrogen-bond acceptors (Lipinski definition) is 3. The standard InChI is InChI=1S/C17H20N2OS/c20-17(19-9-3-4-10-19)16-13(7-8-18-16)15-11-12-5-1-2-6-14(12)21-15/h1-2,5-6,11,13,16,18H,3-4,7-10H2/t13-,16-/m1/s1. The average molecular weight is 300 g/mol. The molecule has 110 valence electrons. The van der Waals surface area contributed by atoms with Gasteiger partial charge in [-0.3, -0.25) is 4.79 Å². The molecule has 2 atom stereocenters. The second-order valence-electron chi connectivity index (χ2n) is 6.05. The number of nitrogens with zero attached hydrogens (tertiary/aromatic N) is 1. The molecule has 2 saturated heterocycles. The summed E-state index contributed by atoms with van der Waals surface area (Å²) in [6.45, 7) is 2.83. The maximum Gasteiger partial charge on any atom is 0.240 e. The van der Waals surface area contributed by atoms with Crippen molar-refractivity contribution >= 4 is 27.3 Å². The molecule has 2 aromatic rings. The molecule has 4 rings (SSSR count). The molecule has 2 aliphatic heterocycles. The zero-order valence-corrected chi connectivity index (χ0v) is 12.9. The van der Waals surface area contributed by atoms with Crippen LogP contribution in [0.25, 0.3) is 10.1 Å². The van der Waals surface area contributed by atoms with E-state index >= 15 is 0 Å². The highest BCUT2D eigenvalue weighted by Gasteiger charge is 2.37. The minimum absolute atomic E-state index is 0.0174. The lowest BCUT2D eigenvalue weighted by molar-refractivity contribution is -0.132. The highest BCUT2D eigenvalue weighted by molar-refractivity contribution is 7.19. The van der Waals surface area contributed by atoms with E-state index in [1.807, 2.05) is 16.2 Å². The summed E-state index contributed by atoms with van der Waals surface area (Å²) in [6, 6.07) is 10.8. The zero-order chi connectivity index (χ0) is 14.2. The van der Waals surface area contributed by atoms with Crippen LogP contribution in [0.15, 0.2) is 30.3 Å². The molecule has 2 aliphatic rings. The summed E-state index contributed by atoms with van der Waals surface area (Å²) in [4.78, 5) is 16.1. The summed E-state index contributed by atoms with van der Waals surface area (Å²) in [5, 5.41) is 4.74. The molecule has 1 amide bonds. The first-order valence-electron chi connectivity index (χ1n) is 7.83. The number of carbonyl (C=O) groups is 1. The van der Waals surface area contributed by atoms with Crippen LogP contribution in [0.5, 0.6) is 0 Å². The minimum atomic E-state index is -0.0174. The third-order valence-corrected chi connectivity index (χ3v) is 5.96. The largest absolute Gasteiger partial charge is 0.341 e. The van der Waals surface area contributed by atoms with Crippen LogP contribution < -0.4 is 5.32 Å². The van der Waals surface area contributed by atoms with Crippen molar-refractivity contribution in [1.82, 2.24) is 10.2 Å². The first-order valence-corrected chi connectivity index (χ1v) is 8.65. The number of fused-ring (bicyclic) bond motifs is 1. The Morgan fingerprint density at radius 1 is 1.24 bits per heavy atom. The lowest BCUT2D eigenvalue weighted by atomic mass is 9.97. The average Bonchev–Trinajstić information content (AvgIpc) is 3.24. The lowest BCUT2D eigenvalue weighted by Gasteiger charge is -2.24. The number of hydrogen-bond donors (Lipinski definition) is 1. The summed E-state index contributed by atoms with van der Waals surface area (Å²) >= 11 is 1.85. The van der Waals surface area contributed by atoms with Gasteiger partial charge in [-0.2, -0.15) is 0 Å². The van der Waals surface area contributed by atoms with Gasteiger partial charge in [-0.15, -0.1) is 11.3 Å². The fraction of sp³-hybridized carbons (Fsp3) is 0.471. The van der Waals surface area contributed by atoms with Crippen LogP contribution in [0, 0.1) is 0 Å². The molecule has 0 spiro atoms. The van der Waals surface area contributed by atoms with Gasteiger partial charge in [0.25, 0.3) is 0 Å². The van der Waals surface area contributed by atoms with Gasteiger partial charge in [-0.25, -0.2) is 0 Å². The van der Waals surface area contributed by atoms with E-state index in [9.17, 15) is 4.79 Å². The first-order chi connectivity index (χ1) is 10.3. The molecular weight excluding hydrogens is 280 g/mol. The summed E-state index contributed by atoms with van der Waals surface area (Å²) in [5.74, 6) is 0.656. The van der Waals surface area contributed by atoms with Crippen molar-refractivity contribution in [2.75, 3.05) is 19.6 Å². The molecule has 0 aliphatic carbocycles. The van der Waals surface area contributed by atoms with Crippen LogP contribution >= 0.6 is 11.3 Å². The van der Waals surface area contributed by atoms with Crippen molar-refractivity contribution in [3.8, 4) is 0 Å². The maximum absolute atomic E-state index is 12.7. The van der Waals surface area contributed by atoms with Gasteiger partial charge in [0, 0.05) is 28.6 Å². The maximum atomic E-state index is 12.7. The number of likely N-dealkylation sites (tertiary alicyclic amines) is 1. The highest BCUT2D eigenvalue weighted by Crippen LogP contribution is 2.37. The molecule has 0 bridgehead atoms. The van der Waals surface area contributed by atoms with Crippen molar-refractivity contribution in [1.29, 1.82) is 0 Å². The molecule has 1 aromatic heterocycles. The van der Waals surface area contributed by atoms with Gasteiger partial charge < -0.3 is 10.2 Å². The molecule has 0 radical (unpaired) electrons. The molecule has 2 fully saturated rings. The van der Waals surface area contributed by atoms with Gasteiger partial charge in [0.2, 0.25) is 5.91 Å². The van der Waals surface area contributed by atoms with E-state index in [4.69, 9.17) is 0 Å². The quantitative estimate of drug-likeness (QED) is 0.925. The zero-order valence-electron chi connectivity index (χ0n) is 12.0. The Morgan fingerprint density at radius 3 is 2.86 bits per heavy atom. The topological polar surface area (TPSA) is 32.3 Å². The predicted octanol–water partition coefficient (Wildman–Crippen LogP) is 2.97. The second kappa shape index (κ2) is 5.43. The van der Waals surface area contributed by atoms with Crippen LogP contribution in [-0.4, -0.2) is 36.5 Å². The summed E-state index contributed by atoms with van der Waals surface area (Å²) in [5.41, 5.74) is 0. The van der Waals surface area contributed by atoms with E-state index in [2.05, 4.69) is 35.6 Å². The van der Waals surface area contributed by atoms with Crippen molar-refractivity contribution in [3.63, 3.8) is 0 Å². The second-order valence-corrected chi connectivity index (χ2v) is 7.16. The van der Waals surface area contributed by atoms with Crippen LogP contribution in [0.1, 0.15) is 30.1 Å². The van der Waals surface area contributed by atoms with E-state index in [0.717, 1.165) is 38.9 Å². The van der Waals surface area contributed by atoms with Crippen molar-refractivity contribution in [2.45, 2.75) is 31.2 Å². The van der Waals surface area contributed by atoms with E-state index < -0.39 is 0 Å². The van der Waals surface area contributed by atoms with Gasteiger partial charge in [-0.05, 0) is 43.3 Å². The molecule has 3 nitrogen and oxygen atoms in total.